The maximum Gasteiger partial charge on any atom is 0.124 e. The van der Waals surface area contributed by atoms with Crippen LogP contribution in [-0.2, 0) is 6.54 Å². The van der Waals surface area contributed by atoms with Crippen molar-refractivity contribution in [2.75, 3.05) is 18.5 Å². The zero-order valence-corrected chi connectivity index (χ0v) is 17.2. The average Bonchev–Trinajstić information content (AvgIpc) is 2.68. The molecule has 0 fully saturated rings. The minimum Gasteiger partial charge on any atom is -0.494 e. The molecule has 2 rings (SSSR count). The molecule has 2 aromatic rings. The minimum absolute atomic E-state index is 0.667. The Balaban J connectivity index is 1.80. The van der Waals surface area contributed by atoms with Crippen LogP contribution in [0.1, 0.15) is 58.4 Å². The Morgan fingerprint density at radius 2 is 1.63 bits per heavy atom. The second-order valence-corrected chi connectivity index (χ2v) is 7.43. The topological polar surface area (TPSA) is 30.5 Å². The van der Waals surface area contributed by atoms with Crippen LogP contribution < -0.4 is 14.8 Å². The maximum absolute atomic E-state index is 5.99. The Bertz CT molecular complexity index is 637. The van der Waals surface area contributed by atoms with Gasteiger partial charge < -0.3 is 14.8 Å². The molecule has 0 saturated heterocycles. The van der Waals surface area contributed by atoms with Crippen molar-refractivity contribution in [1.29, 1.82) is 0 Å². The molecule has 0 spiro atoms. The van der Waals surface area contributed by atoms with Gasteiger partial charge in [-0.3, -0.25) is 0 Å². The van der Waals surface area contributed by atoms with Gasteiger partial charge in [0, 0.05) is 17.8 Å². The number of rotatable bonds is 13. The molecule has 0 amide bonds. The number of unbranched alkanes of at least 4 members (excludes halogenated alkanes) is 3. The molecule has 148 valence electrons. The number of hydrogen-bond donors (Lipinski definition) is 1. The lowest BCUT2D eigenvalue weighted by Gasteiger charge is -2.13. The van der Waals surface area contributed by atoms with Gasteiger partial charge in [0.05, 0.1) is 13.2 Å². The van der Waals surface area contributed by atoms with Crippen molar-refractivity contribution in [1.82, 2.24) is 0 Å². The van der Waals surface area contributed by atoms with E-state index in [4.69, 9.17) is 9.47 Å². The van der Waals surface area contributed by atoms with Crippen molar-refractivity contribution in [3.8, 4) is 11.5 Å². The van der Waals surface area contributed by atoms with Crippen LogP contribution in [0.4, 0.5) is 5.69 Å². The molecule has 3 heteroatoms. The van der Waals surface area contributed by atoms with E-state index in [0.717, 1.165) is 49.8 Å². The van der Waals surface area contributed by atoms with Crippen LogP contribution in [-0.4, -0.2) is 13.2 Å². The van der Waals surface area contributed by atoms with E-state index in [1.54, 1.807) is 0 Å². The fraction of sp³-hybridized carbons (Fsp3) is 0.500. The average molecular weight is 370 g/mol. The molecule has 0 aliphatic rings. The van der Waals surface area contributed by atoms with Gasteiger partial charge in [-0.1, -0.05) is 58.2 Å². The highest BCUT2D eigenvalue weighted by atomic mass is 16.5. The van der Waals surface area contributed by atoms with Gasteiger partial charge in [-0.2, -0.15) is 0 Å². The predicted molar refractivity (Wildman–Crippen MR) is 115 cm³/mol. The van der Waals surface area contributed by atoms with Crippen molar-refractivity contribution in [3.63, 3.8) is 0 Å². The predicted octanol–water partition coefficient (Wildman–Crippen LogP) is 6.68. The Hall–Kier alpha value is -2.16. The number of para-hydroxylation sites is 1. The first-order chi connectivity index (χ1) is 13.2. The summed E-state index contributed by atoms with van der Waals surface area (Å²) >= 11 is 0. The summed E-state index contributed by atoms with van der Waals surface area (Å²) < 4.78 is 11.8. The molecule has 0 bridgehead atoms. The molecule has 0 saturated carbocycles. The summed E-state index contributed by atoms with van der Waals surface area (Å²) in [4.78, 5) is 0. The van der Waals surface area contributed by atoms with Gasteiger partial charge >= 0.3 is 0 Å². The SMILES string of the molecule is CCCCCCOc1ccccc1CNc1ccc(OCCC(C)C)cc1. The summed E-state index contributed by atoms with van der Waals surface area (Å²) in [5.74, 6) is 2.58. The normalized spacial score (nSPS) is 10.8. The molecule has 0 heterocycles. The van der Waals surface area contributed by atoms with Crippen LogP contribution in [0.25, 0.3) is 0 Å². The van der Waals surface area contributed by atoms with E-state index < -0.39 is 0 Å². The highest BCUT2D eigenvalue weighted by Gasteiger charge is 2.04. The van der Waals surface area contributed by atoms with E-state index in [1.165, 1.54) is 24.8 Å². The summed E-state index contributed by atoms with van der Waals surface area (Å²) in [5, 5.41) is 3.48. The molecule has 0 radical (unpaired) electrons. The molecule has 0 unspecified atom stereocenters. The summed E-state index contributed by atoms with van der Waals surface area (Å²) in [6, 6.07) is 16.5. The van der Waals surface area contributed by atoms with Gasteiger partial charge in [-0.05, 0) is 49.1 Å². The molecule has 27 heavy (non-hydrogen) atoms. The summed E-state index contributed by atoms with van der Waals surface area (Å²) in [7, 11) is 0. The summed E-state index contributed by atoms with van der Waals surface area (Å²) in [6.07, 6.45) is 5.97. The van der Waals surface area contributed by atoms with Crippen LogP contribution in [0.2, 0.25) is 0 Å². The molecule has 0 aliphatic carbocycles. The quantitative estimate of drug-likeness (QED) is 0.399. The van der Waals surface area contributed by atoms with Crippen LogP contribution >= 0.6 is 0 Å². The fourth-order valence-electron chi connectivity index (χ4n) is 2.78. The van der Waals surface area contributed by atoms with Gasteiger partial charge in [-0.25, -0.2) is 0 Å². The molecular weight excluding hydrogens is 334 g/mol. The molecule has 2 aromatic carbocycles. The smallest absolute Gasteiger partial charge is 0.124 e. The molecule has 0 aromatic heterocycles. The Morgan fingerprint density at radius 1 is 0.852 bits per heavy atom. The first-order valence-electron chi connectivity index (χ1n) is 10.4. The highest BCUT2D eigenvalue weighted by molar-refractivity contribution is 5.47. The Morgan fingerprint density at radius 3 is 2.37 bits per heavy atom. The van der Waals surface area contributed by atoms with Crippen LogP contribution in [0, 0.1) is 5.92 Å². The van der Waals surface area contributed by atoms with Gasteiger partial charge in [0.2, 0.25) is 0 Å². The number of nitrogens with one attached hydrogen (secondary N) is 1. The number of hydrogen-bond acceptors (Lipinski definition) is 3. The van der Waals surface area contributed by atoms with Crippen molar-refractivity contribution in [3.05, 3.63) is 54.1 Å². The van der Waals surface area contributed by atoms with Gasteiger partial charge in [-0.15, -0.1) is 0 Å². The van der Waals surface area contributed by atoms with Gasteiger partial charge in [0.25, 0.3) is 0 Å². The number of anilines is 1. The summed E-state index contributed by atoms with van der Waals surface area (Å²) in [5.41, 5.74) is 2.27. The molecule has 1 N–H and O–H groups in total. The van der Waals surface area contributed by atoms with Gasteiger partial charge in [0.1, 0.15) is 11.5 Å². The fourth-order valence-corrected chi connectivity index (χ4v) is 2.78. The second kappa shape index (κ2) is 12.3. The number of ether oxygens (including phenoxy) is 2. The standard InChI is InChI=1S/C24H35NO2/c1-4-5-6-9-17-27-24-11-8-7-10-21(24)19-25-22-12-14-23(15-13-22)26-18-16-20(2)3/h7-8,10-15,20,25H,4-6,9,16-19H2,1-3H3. The van der Waals surface area contributed by atoms with Crippen molar-refractivity contribution in [2.45, 2.75) is 59.4 Å². The molecule has 3 nitrogen and oxygen atoms in total. The maximum atomic E-state index is 5.99. The minimum atomic E-state index is 0.667. The van der Waals surface area contributed by atoms with Crippen molar-refractivity contribution < 1.29 is 9.47 Å². The molecule has 0 aliphatic heterocycles. The third kappa shape index (κ3) is 8.38. The molecule has 0 atom stereocenters. The largest absolute Gasteiger partial charge is 0.494 e. The van der Waals surface area contributed by atoms with Crippen LogP contribution in [0.3, 0.4) is 0 Å². The lowest BCUT2D eigenvalue weighted by atomic mass is 10.1. The van der Waals surface area contributed by atoms with E-state index in [9.17, 15) is 0 Å². The third-order valence-corrected chi connectivity index (χ3v) is 4.53. The number of benzene rings is 2. The molecular formula is C24H35NO2. The first kappa shape index (κ1) is 21.1. The van der Waals surface area contributed by atoms with E-state index >= 15 is 0 Å². The lowest BCUT2D eigenvalue weighted by molar-refractivity contribution is 0.289. The van der Waals surface area contributed by atoms with Crippen molar-refractivity contribution in [2.24, 2.45) is 5.92 Å². The zero-order valence-electron chi connectivity index (χ0n) is 17.2. The third-order valence-electron chi connectivity index (χ3n) is 4.53. The van der Waals surface area contributed by atoms with E-state index in [-0.39, 0.29) is 0 Å². The van der Waals surface area contributed by atoms with E-state index in [1.807, 2.05) is 18.2 Å². The van der Waals surface area contributed by atoms with E-state index in [0.29, 0.717) is 5.92 Å². The second-order valence-electron chi connectivity index (χ2n) is 7.43. The zero-order chi connectivity index (χ0) is 19.3. The lowest BCUT2D eigenvalue weighted by Crippen LogP contribution is -2.05. The van der Waals surface area contributed by atoms with Crippen LogP contribution in [0.5, 0.6) is 11.5 Å². The van der Waals surface area contributed by atoms with Crippen molar-refractivity contribution >= 4 is 5.69 Å². The summed E-state index contributed by atoms with van der Waals surface area (Å²) in [6.45, 7) is 8.96. The Kier molecular flexibility index (Phi) is 9.61. The highest BCUT2D eigenvalue weighted by Crippen LogP contribution is 2.21. The first-order valence-corrected chi connectivity index (χ1v) is 10.4. The Labute approximate surface area is 165 Å². The monoisotopic (exact) mass is 369 g/mol. The van der Waals surface area contributed by atoms with Crippen LogP contribution in [0.15, 0.2) is 48.5 Å². The van der Waals surface area contributed by atoms with E-state index in [2.05, 4.69) is 56.4 Å². The van der Waals surface area contributed by atoms with Gasteiger partial charge in [0.15, 0.2) is 0 Å².